The zero-order valence-corrected chi connectivity index (χ0v) is 13.4. The fourth-order valence-corrected chi connectivity index (χ4v) is 3.21. The summed E-state index contributed by atoms with van der Waals surface area (Å²) in [5, 5.41) is 0. The van der Waals surface area contributed by atoms with Gasteiger partial charge in [-0.1, -0.05) is 23.8 Å². The second-order valence-electron chi connectivity index (χ2n) is 4.36. The van der Waals surface area contributed by atoms with Crippen LogP contribution in [0.15, 0.2) is 39.4 Å². The van der Waals surface area contributed by atoms with Crippen molar-refractivity contribution in [2.45, 2.75) is 19.9 Å². The van der Waals surface area contributed by atoms with E-state index in [1.165, 1.54) is 11.1 Å². The number of halogens is 2. The molecule has 1 aromatic carbocycles. The second kappa shape index (κ2) is 5.51. The molecule has 0 bridgehead atoms. The molecule has 18 heavy (non-hydrogen) atoms. The summed E-state index contributed by atoms with van der Waals surface area (Å²) < 4.78 is 1.86. The van der Waals surface area contributed by atoms with Gasteiger partial charge in [-0.2, -0.15) is 0 Å². The van der Waals surface area contributed by atoms with Crippen molar-refractivity contribution in [3.63, 3.8) is 0 Å². The van der Waals surface area contributed by atoms with Crippen LogP contribution in [0.1, 0.15) is 28.4 Å². The fourth-order valence-electron chi connectivity index (χ4n) is 1.98. The molecular formula is C14H14Br2N2. The van der Waals surface area contributed by atoms with Crippen LogP contribution < -0.4 is 5.73 Å². The molecule has 0 aliphatic carbocycles. The standard InChI is InChI=1S/C14H14Br2N2/c1-8-3-4-11(9(2)5-8)13(17)14-12(16)6-10(15)7-18-14/h3-7,13H,17H2,1-2H3. The van der Waals surface area contributed by atoms with Crippen molar-refractivity contribution in [2.24, 2.45) is 5.73 Å². The van der Waals surface area contributed by atoms with Crippen LogP contribution in [0, 0.1) is 13.8 Å². The number of nitrogens with two attached hydrogens (primary N) is 1. The van der Waals surface area contributed by atoms with Gasteiger partial charge < -0.3 is 5.73 Å². The van der Waals surface area contributed by atoms with Gasteiger partial charge in [-0.25, -0.2) is 0 Å². The zero-order chi connectivity index (χ0) is 13.3. The summed E-state index contributed by atoms with van der Waals surface area (Å²) in [5.74, 6) is 0. The Morgan fingerprint density at radius 3 is 2.50 bits per heavy atom. The highest BCUT2D eigenvalue weighted by Crippen LogP contribution is 2.29. The molecule has 0 fully saturated rings. The number of aromatic nitrogens is 1. The molecule has 1 heterocycles. The molecule has 4 heteroatoms. The number of pyridine rings is 1. The Morgan fingerprint density at radius 2 is 1.89 bits per heavy atom. The average Bonchev–Trinajstić information content (AvgIpc) is 2.28. The van der Waals surface area contributed by atoms with Gasteiger partial charge in [0.15, 0.2) is 0 Å². The Labute approximate surface area is 124 Å². The van der Waals surface area contributed by atoms with Gasteiger partial charge in [0.05, 0.1) is 11.7 Å². The Balaban J connectivity index is 2.44. The summed E-state index contributed by atoms with van der Waals surface area (Å²) in [4.78, 5) is 4.40. The van der Waals surface area contributed by atoms with E-state index in [4.69, 9.17) is 5.73 Å². The van der Waals surface area contributed by atoms with Crippen LogP contribution in [0.5, 0.6) is 0 Å². The first-order chi connectivity index (χ1) is 8.49. The number of hydrogen-bond donors (Lipinski definition) is 1. The number of benzene rings is 1. The average molecular weight is 370 g/mol. The van der Waals surface area contributed by atoms with E-state index in [9.17, 15) is 0 Å². The minimum Gasteiger partial charge on any atom is -0.319 e. The lowest BCUT2D eigenvalue weighted by atomic mass is 9.97. The van der Waals surface area contributed by atoms with Crippen LogP contribution in [0.4, 0.5) is 0 Å². The van der Waals surface area contributed by atoms with Crippen molar-refractivity contribution >= 4 is 31.9 Å². The highest BCUT2D eigenvalue weighted by atomic mass is 79.9. The van der Waals surface area contributed by atoms with E-state index in [0.29, 0.717) is 0 Å². The SMILES string of the molecule is Cc1ccc(C(N)c2ncc(Br)cc2Br)c(C)c1. The van der Waals surface area contributed by atoms with E-state index >= 15 is 0 Å². The molecule has 0 amide bonds. The van der Waals surface area contributed by atoms with Crippen LogP contribution in [0.3, 0.4) is 0 Å². The van der Waals surface area contributed by atoms with E-state index in [1.807, 2.05) is 6.07 Å². The Morgan fingerprint density at radius 1 is 1.17 bits per heavy atom. The van der Waals surface area contributed by atoms with Crippen LogP contribution >= 0.6 is 31.9 Å². The monoisotopic (exact) mass is 368 g/mol. The van der Waals surface area contributed by atoms with E-state index in [0.717, 1.165) is 20.2 Å². The molecule has 0 aliphatic rings. The number of rotatable bonds is 2. The number of hydrogen-bond acceptors (Lipinski definition) is 2. The first-order valence-electron chi connectivity index (χ1n) is 5.62. The molecule has 1 unspecified atom stereocenters. The highest BCUT2D eigenvalue weighted by molar-refractivity contribution is 9.11. The van der Waals surface area contributed by atoms with Crippen molar-refractivity contribution in [3.05, 3.63) is 61.8 Å². The summed E-state index contributed by atoms with van der Waals surface area (Å²) in [6.07, 6.45) is 1.77. The van der Waals surface area contributed by atoms with E-state index in [1.54, 1.807) is 6.20 Å². The summed E-state index contributed by atoms with van der Waals surface area (Å²) >= 11 is 6.90. The predicted molar refractivity (Wildman–Crippen MR) is 81.6 cm³/mol. The Hall–Kier alpha value is -0.710. The van der Waals surface area contributed by atoms with Crippen LogP contribution in [0.2, 0.25) is 0 Å². The van der Waals surface area contributed by atoms with Gasteiger partial charge >= 0.3 is 0 Å². The molecule has 0 spiro atoms. The van der Waals surface area contributed by atoms with Gasteiger partial charge in [0.2, 0.25) is 0 Å². The lowest BCUT2D eigenvalue weighted by Crippen LogP contribution is -2.15. The summed E-state index contributed by atoms with van der Waals surface area (Å²) in [5.41, 5.74) is 10.7. The molecule has 1 aromatic heterocycles. The third-order valence-corrected chi connectivity index (χ3v) is 3.96. The zero-order valence-electron chi connectivity index (χ0n) is 10.2. The molecule has 2 rings (SSSR count). The third kappa shape index (κ3) is 2.82. The molecule has 0 saturated carbocycles. The van der Waals surface area contributed by atoms with Crippen molar-refractivity contribution in [1.29, 1.82) is 0 Å². The third-order valence-electron chi connectivity index (χ3n) is 2.89. The lowest BCUT2D eigenvalue weighted by Gasteiger charge is -2.16. The summed E-state index contributed by atoms with van der Waals surface area (Å²) in [7, 11) is 0. The van der Waals surface area contributed by atoms with Crippen molar-refractivity contribution in [2.75, 3.05) is 0 Å². The van der Waals surface area contributed by atoms with E-state index in [-0.39, 0.29) is 6.04 Å². The van der Waals surface area contributed by atoms with Crippen LogP contribution in [-0.4, -0.2) is 4.98 Å². The number of aryl methyl sites for hydroxylation is 2. The van der Waals surface area contributed by atoms with Crippen molar-refractivity contribution < 1.29 is 0 Å². The molecule has 2 aromatic rings. The van der Waals surface area contributed by atoms with Gasteiger partial charge in [0, 0.05) is 15.1 Å². The van der Waals surface area contributed by atoms with Crippen molar-refractivity contribution in [1.82, 2.24) is 4.98 Å². The van der Waals surface area contributed by atoms with Crippen LogP contribution in [0.25, 0.3) is 0 Å². The lowest BCUT2D eigenvalue weighted by molar-refractivity contribution is 0.813. The van der Waals surface area contributed by atoms with Gasteiger partial charge in [0.1, 0.15) is 0 Å². The van der Waals surface area contributed by atoms with E-state index in [2.05, 4.69) is 68.9 Å². The summed E-state index contributed by atoms with van der Waals surface area (Å²) in [6.45, 7) is 4.16. The molecular weight excluding hydrogens is 356 g/mol. The maximum atomic E-state index is 6.31. The van der Waals surface area contributed by atoms with Gasteiger partial charge in [-0.15, -0.1) is 0 Å². The fraction of sp³-hybridized carbons (Fsp3) is 0.214. The smallest absolute Gasteiger partial charge is 0.0759 e. The second-order valence-corrected chi connectivity index (χ2v) is 6.13. The largest absolute Gasteiger partial charge is 0.319 e. The molecule has 0 radical (unpaired) electrons. The first-order valence-corrected chi connectivity index (χ1v) is 7.21. The molecule has 2 nitrogen and oxygen atoms in total. The predicted octanol–water partition coefficient (Wildman–Crippen LogP) is 4.27. The topological polar surface area (TPSA) is 38.9 Å². The van der Waals surface area contributed by atoms with Gasteiger partial charge in [-0.05, 0) is 62.9 Å². The molecule has 0 aliphatic heterocycles. The minimum absolute atomic E-state index is 0.215. The minimum atomic E-state index is -0.215. The summed E-state index contributed by atoms with van der Waals surface area (Å²) in [6, 6.07) is 8.04. The highest BCUT2D eigenvalue weighted by Gasteiger charge is 2.16. The number of nitrogens with zero attached hydrogens (tertiary/aromatic N) is 1. The molecule has 1 atom stereocenters. The Bertz CT molecular complexity index is 531. The van der Waals surface area contributed by atoms with Crippen LogP contribution in [-0.2, 0) is 0 Å². The van der Waals surface area contributed by atoms with E-state index < -0.39 is 0 Å². The Kier molecular flexibility index (Phi) is 4.20. The maximum absolute atomic E-state index is 6.31. The first kappa shape index (κ1) is 13.7. The maximum Gasteiger partial charge on any atom is 0.0759 e. The van der Waals surface area contributed by atoms with Gasteiger partial charge in [0.25, 0.3) is 0 Å². The van der Waals surface area contributed by atoms with Crippen molar-refractivity contribution in [3.8, 4) is 0 Å². The molecule has 2 N–H and O–H groups in total. The molecule has 94 valence electrons. The normalized spacial score (nSPS) is 12.5. The molecule has 0 saturated heterocycles. The van der Waals surface area contributed by atoms with Gasteiger partial charge in [-0.3, -0.25) is 4.98 Å². The quantitative estimate of drug-likeness (QED) is 0.858.